The first-order valence-corrected chi connectivity index (χ1v) is 11.6. The van der Waals surface area contributed by atoms with E-state index in [1.165, 1.54) is 57.8 Å². The summed E-state index contributed by atoms with van der Waals surface area (Å²) in [5, 5.41) is 12.2. The molecule has 0 radical (unpaired) electrons. The van der Waals surface area contributed by atoms with Gasteiger partial charge in [0.2, 0.25) is 0 Å². The van der Waals surface area contributed by atoms with E-state index < -0.39 is 0 Å². The molecule has 0 aliphatic rings. The number of benzene rings is 2. The van der Waals surface area contributed by atoms with Crippen LogP contribution < -0.4 is 14.8 Å². The van der Waals surface area contributed by atoms with Gasteiger partial charge in [0.15, 0.2) is 6.61 Å². The van der Waals surface area contributed by atoms with Gasteiger partial charge in [0.1, 0.15) is 23.0 Å². The second-order valence-electron chi connectivity index (χ2n) is 7.89. The van der Waals surface area contributed by atoms with E-state index in [-0.39, 0.29) is 18.3 Å². The van der Waals surface area contributed by atoms with Gasteiger partial charge in [-0.15, -0.1) is 0 Å². The van der Waals surface area contributed by atoms with Crippen LogP contribution >= 0.6 is 0 Å². The van der Waals surface area contributed by atoms with Gasteiger partial charge in [-0.3, -0.25) is 4.79 Å². The van der Waals surface area contributed by atoms with E-state index in [9.17, 15) is 9.90 Å². The van der Waals surface area contributed by atoms with Gasteiger partial charge in [-0.05, 0) is 55.0 Å². The molecule has 0 aliphatic heterocycles. The number of rotatable bonds is 16. The predicted octanol–water partition coefficient (Wildman–Crippen LogP) is 6.60. The fourth-order valence-corrected chi connectivity index (χ4v) is 3.29. The average molecular weight is 428 g/mol. The summed E-state index contributed by atoms with van der Waals surface area (Å²) in [6.07, 6.45) is 12.9. The number of phenols is 1. The number of nitrogens with one attached hydrogen (secondary N) is 1. The molecule has 31 heavy (non-hydrogen) atoms. The van der Waals surface area contributed by atoms with Crippen LogP contribution in [0.25, 0.3) is 0 Å². The van der Waals surface area contributed by atoms with Crippen LogP contribution in [0.15, 0.2) is 48.5 Å². The van der Waals surface area contributed by atoms with Gasteiger partial charge in [-0.2, -0.15) is 0 Å². The van der Waals surface area contributed by atoms with Gasteiger partial charge < -0.3 is 19.9 Å². The Labute approximate surface area is 186 Å². The quantitative estimate of drug-likeness (QED) is 0.296. The zero-order valence-corrected chi connectivity index (χ0v) is 18.8. The van der Waals surface area contributed by atoms with Crippen molar-refractivity contribution >= 4 is 5.91 Å². The molecule has 0 atom stereocenters. The predicted molar refractivity (Wildman–Crippen MR) is 125 cm³/mol. The highest BCUT2D eigenvalue weighted by molar-refractivity contribution is 5.77. The Morgan fingerprint density at radius 1 is 0.742 bits per heavy atom. The molecular formula is C26H37NO4. The molecule has 2 aromatic rings. The van der Waals surface area contributed by atoms with Crippen LogP contribution in [0.5, 0.6) is 23.0 Å². The number of aromatic hydroxyl groups is 1. The summed E-state index contributed by atoms with van der Waals surface area (Å²) in [6.45, 7) is 2.97. The zero-order chi connectivity index (χ0) is 22.2. The number of ether oxygens (including phenoxy) is 2. The molecule has 0 fully saturated rings. The standard InChI is InChI=1S/C26H37NO4/c1-2-3-4-5-6-7-8-9-10-11-20-27-26(29)21-30-23-16-18-25(19-17-23)31-24-14-12-22(28)13-15-24/h12-19,28H,2-11,20-21H2,1H3,(H,27,29). The molecule has 0 unspecified atom stereocenters. The van der Waals surface area contributed by atoms with Crippen LogP contribution in [-0.4, -0.2) is 24.2 Å². The van der Waals surface area contributed by atoms with Gasteiger partial charge >= 0.3 is 0 Å². The van der Waals surface area contributed by atoms with Gasteiger partial charge in [-0.1, -0.05) is 64.7 Å². The molecule has 1 amide bonds. The third-order valence-corrected chi connectivity index (χ3v) is 5.12. The zero-order valence-electron chi connectivity index (χ0n) is 18.8. The third-order valence-electron chi connectivity index (χ3n) is 5.12. The van der Waals surface area contributed by atoms with Crippen molar-refractivity contribution in [2.24, 2.45) is 0 Å². The van der Waals surface area contributed by atoms with E-state index in [0.717, 1.165) is 6.42 Å². The highest BCUT2D eigenvalue weighted by Crippen LogP contribution is 2.25. The highest BCUT2D eigenvalue weighted by Gasteiger charge is 2.03. The number of carbonyl (C=O) groups excluding carboxylic acids is 1. The topological polar surface area (TPSA) is 67.8 Å². The summed E-state index contributed by atoms with van der Waals surface area (Å²) in [4.78, 5) is 11.9. The lowest BCUT2D eigenvalue weighted by atomic mass is 10.1. The molecule has 5 heteroatoms. The van der Waals surface area contributed by atoms with E-state index in [4.69, 9.17) is 9.47 Å². The second-order valence-corrected chi connectivity index (χ2v) is 7.89. The van der Waals surface area contributed by atoms with Crippen molar-refractivity contribution in [3.8, 4) is 23.0 Å². The minimum atomic E-state index is -0.0969. The molecule has 0 aromatic heterocycles. The van der Waals surface area contributed by atoms with Gasteiger partial charge in [0, 0.05) is 6.54 Å². The monoisotopic (exact) mass is 427 g/mol. The molecule has 0 bridgehead atoms. The average Bonchev–Trinajstić information content (AvgIpc) is 2.78. The number of hydrogen-bond donors (Lipinski definition) is 2. The Morgan fingerprint density at radius 2 is 1.23 bits per heavy atom. The second kappa shape index (κ2) is 15.2. The Morgan fingerprint density at radius 3 is 1.81 bits per heavy atom. The Kier molecular flexibility index (Phi) is 12.0. The fraction of sp³-hybridized carbons (Fsp3) is 0.500. The summed E-state index contributed by atoms with van der Waals surface area (Å²) >= 11 is 0. The van der Waals surface area contributed by atoms with Crippen LogP contribution in [0, 0.1) is 0 Å². The molecule has 170 valence electrons. The van der Waals surface area contributed by atoms with Crippen molar-refractivity contribution in [2.45, 2.75) is 71.1 Å². The Hall–Kier alpha value is -2.69. The van der Waals surface area contributed by atoms with Crippen molar-refractivity contribution in [3.05, 3.63) is 48.5 Å². The maximum atomic E-state index is 11.9. The summed E-state index contributed by atoms with van der Waals surface area (Å²) in [5.41, 5.74) is 0. The first kappa shape index (κ1) is 24.6. The third kappa shape index (κ3) is 11.3. The fourth-order valence-electron chi connectivity index (χ4n) is 3.29. The van der Waals surface area contributed by atoms with E-state index >= 15 is 0 Å². The molecule has 5 nitrogen and oxygen atoms in total. The molecule has 0 aliphatic carbocycles. The van der Waals surface area contributed by atoms with Crippen molar-refractivity contribution in [1.29, 1.82) is 0 Å². The maximum Gasteiger partial charge on any atom is 0.257 e. The van der Waals surface area contributed by atoms with Crippen molar-refractivity contribution in [2.75, 3.05) is 13.2 Å². The van der Waals surface area contributed by atoms with Crippen LogP contribution in [0.2, 0.25) is 0 Å². The molecule has 2 aromatic carbocycles. The largest absolute Gasteiger partial charge is 0.508 e. The smallest absolute Gasteiger partial charge is 0.257 e. The van der Waals surface area contributed by atoms with Crippen LogP contribution in [0.3, 0.4) is 0 Å². The molecule has 0 heterocycles. The van der Waals surface area contributed by atoms with E-state index in [1.807, 2.05) is 0 Å². The lowest BCUT2D eigenvalue weighted by Gasteiger charge is -2.09. The number of phenolic OH excluding ortho intramolecular Hbond substituents is 1. The summed E-state index contributed by atoms with van der Waals surface area (Å²) in [7, 11) is 0. The summed E-state index contributed by atoms with van der Waals surface area (Å²) in [6, 6.07) is 13.6. The maximum absolute atomic E-state index is 11.9. The molecular weight excluding hydrogens is 390 g/mol. The number of carbonyl (C=O) groups is 1. The summed E-state index contributed by atoms with van der Waals surface area (Å²) in [5.74, 6) is 2.01. The molecule has 0 saturated carbocycles. The highest BCUT2D eigenvalue weighted by atomic mass is 16.5. The Balaban J connectivity index is 1.50. The van der Waals surface area contributed by atoms with E-state index in [2.05, 4.69) is 12.2 Å². The normalized spacial score (nSPS) is 10.6. The number of hydrogen-bond acceptors (Lipinski definition) is 4. The molecule has 0 spiro atoms. The number of amides is 1. The van der Waals surface area contributed by atoms with E-state index in [0.29, 0.717) is 23.8 Å². The molecule has 2 rings (SSSR count). The lowest BCUT2D eigenvalue weighted by molar-refractivity contribution is -0.123. The minimum absolute atomic E-state index is 0.00985. The Bertz CT molecular complexity index is 728. The molecule has 2 N–H and O–H groups in total. The van der Waals surface area contributed by atoms with Gasteiger partial charge in [0.25, 0.3) is 5.91 Å². The van der Waals surface area contributed by atoms with Crippen LogP contribution in [0.1, 0.15) is 71.1 Å². The minimum Gasteiger partial charge on any atom is -0.508 e. The molecule has 0 saturated heterocycles. The lowest BCUT2D eigenvalue weighted by Crippen LogP contribution is -2.29. The van der Waals surface area contributed by atoms with Gasteiger partial charge in [0.05, 0.1) is 0 Å². The number of unbranched alkanes of at least 4 members (excludes halogenated alkanes) is 9. The van der Waals surface area contributed by atoms with E-state index in [1.54, 1.807) is 48.5 Å². The SMILES string of the molecule is CCCCCCCCCCCCNC(=O)COc1ccc(Oc2ccc(O)cc2)cc1. The van der Waals surface area contributed by atoms with Gasteiger partial charge in [-0.25, -0.2) is 0 Å². The van der Waals surface area contributed by atoms with Crippen LogP contribution in [0.4, 0.5) is 0 Å². The van der Waals surface area contributed by atoms with Crippen molar-refractivity contribution < 1.29 is 19.4 Å². The summed E-state index contributed by atoms with van der Waals surface area (Å²) < 4.78 is 11.2. The van der Waals surface area contributed by atoms with Crippen molar-refractivity contribution in [3.63, 3.8) is 0 Å². The van der Waals surface area contributed by atoms with Crippen molar-refractivity contribution in [1.82, 2.24) is 5.32 Å². The first-order valence-electron chi connectivity index (χ1n) is 11.6. The first-order chi connectivity index (χ1) is 15.2. The van der Waals surface area contributed by atoms with Crippen LogP contribution in [-0.2, 0) is 4.79 Å².